The Labute approximate surface area is 79.3 Å². The summed E-state index contributed by atoms with van der Waals surface area (Å²) in [6, 6.07) is 3.88. The molecular weight excluding hydrogens is 184 g/mol. The Morgan fingerprint density at radius 2 is 2.46 bits per heavy atom. The van der Waals surface area contributed by atoms with Crippen molar-refractivity contribution >= 4 is 27.8 Å². The highest BCUT2D eigenvalue weighted by molar-refractivity contribution is 7.20. The van der Waals surface area contributed by atoms with Gasteiger partial charge >= 0.3 is 0 Å². The van der Waals surface area contributed by atoms with Gasteiger partial charge < -0.3 is 5.21 Å². The summed E-state index contributed by atoms with van der Waals surface area (Å²) in [5.74, 6) is 0. The molecule has 13 heavy (non-hydrogen) atoms. The highest BCUT2D eigenvalue weighted by Crippen LogP contribution is 2.25. The van der Waals surface area contributed by atoms with Gasteiger partial charge in [-0.3, -0.25) is 4.98 Å². The Balaban J connectivity index is 2.68. The molecule has 0 fully saturated rings. The van der Waals surface area contributed by atoms with Crippen LogP contribution < -0.4 is 0 Å². The second-order valence-electron chi connectivity index (χ2n) is 2.74. The van der Waals surface area contributed by atoms with Crippen LogP contribution in [0.15, 0.2) is 23.5 Å². The molecule has 1 N–H and O–H groups in total. The van der Waals surface area contributed by atoms with Gasteiger partial charge in [-0.1, -0.05) is 5.16 Å². The van der Waals surface area contributed by atoms with Crippen molar-refractivity contribution < 1.29 is 5.21 Å². The molecule has 0 unspecified atom stereocenters. The third-order valence-electron chi connectivity index (χ3n) is 1.81. The lowest BCUT2D eigenvalue weighted by Gasteiger charge is -1.90. The van der Waals surface area contributed by atoms with E-state index in [1.54, 1.807) is 17.5 Å². The van der Waals surface area contributed by atoms with Crippen molar-refractivity contribution in [3.8, 4) is 0 Å². The van der Waals surface area contributed by atoms with Crippen LogP contribution >= 0.6 is 11.3 Å². The standard InChI is InChI=1S/C9H8N2OS/c1-6-2-3-10-8-4-7(5-11-12)13-9(6)8/h2-5,12H,1H3/b11-5+. The van der Waals surface area contributed by atoms with Crippen LogP contribution in [0, 0.1) is 6.92 Å². The smallest absolute Gasteiger partial charge is 0.0834 e. The van der Waals surface area contributed by atoms with Crippen LogP contribution in [0.1, 0.15) is 10.4 Å². The molecule has 0 atom stereocenters. The van der Waals surface area contributed by atoms with Crippen LogP contribution in [-0.4, -0.2) is 16.4 Å². The van der Waals surface area contributed by atoms with Crippen molar-refractivity contribution in [2.75, 3.05) is 0 Å². The van der Waals surface area contributed by atoms with Crippen LogP contribution in [-0.2, 0) is 0 Å². The minimum absolute atomic E-state index is 0.916. The lowest BCUT2D eigenvalue weighted by Crippen LogP contribution is -1.74. The number of pyridine rings is 1. The van der Waals surface area contributed by atoms with Gasteiger partial charge in [0.05, 0.1) is 21.3 Å². The van der Waals surface area contributed by atoms with Gasteiger partial charge in [-0.25, -0.2) is 0 Å². The van der Waals surface area contributed by atoms with Gasteiger partial charge in [-0.15, -0.1) is 11.3 Å². The molecule has 2 aromatic rings. The van der Waals surface area contributed by atoms with E-state index in [2.05, 4.69) is 10.1 Å². The summed E-state index contributed by atoms with van der Waals surface area (Å²) in [6.45, 7) is 2.04. The van der Waals surface area contributed by atoms with E-state index in [1.807, 2.05) is 19.1 Å². The van der Waals surface area contributed by atoms with Crippen molar-refractivity contribution in [3.05, 3.63) is 28.8 Å². The average Bonchev–Trinajstić information content (AvgIpc) is 2.49. The van der Waals surface area contributed by atoms with Crippen molar-refractivity contribution in [1.82, 2.24) is 4.98 Å². The number of oxime groups is 1. The topological polar surface area (TPSA) is 45.5 Å². The van der Waals surface area contributed by atoms with E-state index in [1.165, 1.54) is 11.8 Å². The van der Waals surface area contributed by atoms with Crippen molar-refractivity contribution in [2.24, 2.45) is 5.16 Å². The summed E-state index contributed by atoms with van der Waals surface area (Å²) >= 11 is 1.58. The predicted octanol–water partition coefficient (Wildman–Crippen LogP) is 2.41. The summed E-state index contributed by atoms with van der Waals surface area (Å²) < 4.78 is 1.15. The molecule has 0 aliphatic carbocycles. The fraction of sp³-hybridized carbons (Fsp3) is 0.111. The summed E-state index contributed by atoms with van der Waals surface area (Å²) in [7, 11) is 0. The molecule has 2 rings (SSSR count). The highest BCUT2D eigenvalue weighted by Gasteiger charge is 2.02. The van der Waals surface area contributed by atoms with Gasteiger partial charge in [0.25, 0.3) is 0 Å². The number of hydrogen-bond acceptors (Lipinski definition) is 4. The van der Waals surface area contributed by atoms with Gasteiger partial charge in [0.2, 0.25) is 0 Å². The second-order valence-corrected chi connectivity index (χ2v) is 3.82. The third kappa shape index (κ3) is 1.40. The number of hydrogen-bond donors (Lipinski definition) is 1. The summed E-state index contributed by atoms with van der Waals surface area (Å²) in [6.07, 6.45) is 3.20. The Hall–Kier alpha value is -1.42. The number of rotatable bonds is 1. The molecule has 66 valence electrons. The number of aromatic nitrogens is 1. The lowest BCUT2D eigenvalue weighted by molar-refractivity contribution is 0.322. The largest absolute Gasteiger partial charge is 0.411 e. The maximum Gasteiger partial charge on any atom is 0.0834 e. The van der Waals surface area contributed by atoms with Crippen LogP contribution in [0.25, 0.3) is 10.2 Å². The zero-order valence-electron chi connectivity index (χ0n) is 7.06. The molecule has 0 saturated heterocycles. The van der Waals surface area contributed by atoms with Crippen molar-refractivity contribution in [1.29, 1.82) is 0 Å². The number of aryl methyl sites for hydroxylation is 1. The molecule has 0 aliphatic rings. The molecule has 0 saturated carbocycles. The molecule has 2 heterocycles. The minimum atomic E-state index is 0.916. The van der Waals surface area contributed by atoms with Gasteiger partial charge in [0.1, 0.15) is 0 Å². The second kappa shape index (κ2) is 3.14. The molecule has 0 spiro atoms. The predicted molar refractivity (Wildman–Crippen MR) is 53.7 cm³/mol. The summed E-state index contributed by atoms with van der Waals surface area (Å²) in [5.41, 5.74) is 2.16. The molecule has 4 heteroatoms. The monoisotopic (exact) mass is 192 g/mol. The summed E-state index contributed by atoms with van der Waals surface area (Å²) in [5, 5.41) is 11.4. The van der Waals surface area contributed by atoms with Gasteiger partial charge in [0.15, 0.2) is 0 Å². The van der Waals surface area contributed by atoms with Crippen LogP contribution in [0.5, 0.6) is 0 Å². The number of thiophene rings is 1. The Morgan fingerprint density at radius 1 is 1.62 bits per heavy atom. The third-order valence-corrected chi connectivity index (χ3v) is 3.01. The Morgan fingerprint density at radius 3 is 3.15 bits per heavy atom. The highest BCUT2D eigenvalue weighted by atomic mass is 32.1. The minimum Gasteiger partial charge on any atom is -0.411 e. The normalized spacial score (nSPS) is 11.5. The SMILES string of the molecule is Cc1ccnc2cc(/C=N/O)sc12. The lowest BCUT2D eigenvalue weighted by atomic mass is 10.3. The van der Waals surface area contributed by atoms with Gasteiger partial charge in [0, 0.05) is 6.20 Å². The average molecular weight is 192 g/mol. The van der Waals surface area contributed by atoms with E-state index in [4.69, 9.17) is 5.21 Å². The van der Waals surface area contributed by atoms with Crippen LogP contribution in [0.4, 0.5) is 0 Å². The molecule has 0 radical (unpaired) electrons. The fourth-order valence-corrected chi connectivity index (χ4v) is 2.16. The first kappa shape index (κ1) is 8.19. The van der Waals surface area contributed by atoms with Crippen molar-refractivity contribution in [2.45, 2.75) is 6.92 Å². The molecular formula is C9H8N2OS. The first-order chi connectivity index (χ1) is 6.31. The van der Waals surface area contributed by atoms with E-state index in [0.29, 0.717) is 0 Å². The number of fused-ring (bicyclic) bond motifs is 1. The Kier molecular flexibility index (Phi) is 1.98. The van der Waals surface area contributed by atoms with Crippen LogP contribution in [0.3, 0.4) is 0 Å². The maximum absolute atomic E-state index is 8.37. The van der Waals surface area contributed by atoms with Crippen LogP contribution in [0.2, 0.25) is 0 Å². The molecule has 0 aliphatic heterocycles. The molecule has 2 aromatic heterocycles. The van der Waals surface area contributed by atoms with E-state index in [-0.39, 0.29) is 0 Å². The van der Waals surface area contributed by atoms with E-state index in [9.17, 15) is 0 Å². The Bertz CT molecular complexity index is 462. The van der Waals surface area contributed by atoms with Gasteiger partial charge in [-0.05, 0) is 24.6 Å². The van der Waals surface area contributed by atoms with Gasteiger partial charge in [-0.2, -0.15) is 0 Å². The van der Waals surface area contributed by atoms with E-state index in [0.717, 1.165) is 15.1 Å². The van der Waals surface area contributed by atoms with E-state index < -0.39 is 0 Å². The first-order valence-corrected chi connectivity index (χ1v) is 4.65. The zero-order chi connectivity index (χ0) is 9.26. The fourth-order valence-electron chi connectivity index (χ4n) is 1.20. The molecule has 0 aromatic carbocycles. The van der Waals surface area contributed by atoms with Crippen molar-refractivity contribution in [3.63, 3.8) is 0 Å². The van der Waals surface area contributed by atoms with E-state index >= 15 is 0 Å². The molecule has 0 amide bonds. The number of nitrogens with zero attached hydrogens (tertiary/aromatic N) is 2. The molecule has 3 nitrogen and oxygen atoms in total. The first-order valence-electron chi connectivity index (χ1n) is 3.84. The zero-order valence-corrected chi connectivity index (χ0v) is 7.88. The molecule has 0 bridgehead atoms. The maximum atomic E-state index is 8.37. The summed E-state index contributed by atoms with van der Waals surface area (Å²) in [4.78, 5) is 5.13. The quantitative estimate of drug-likeness (QED) is 0.428.